The molecule has 0 bridgehead atoms. The third-order valence-corrected chi connectivity index (χ3v) is 2.82. The van der Waals surface area contributed by atoms with Crippen LogP contribution in [-0.2, 0) is 6.42 Å². The molecule has 1 rings (SSSR count). The van der Waals surface area contributed by atoms with Crippen molar-refractivity contribution < 1.29 is 0 Å². The molecule has 3 N–H and O–H groups in total. The van der Waals surface area contributed by atoms with Crippen LogP contribution in [-0.4, -0.2) is 14.9 Å². The Labute approximate surface area is 95.8 Å². The molecule has 0 aliphatic heterocycles. The van der Waals surface area contributed by atoms with Crippen molar-refractivity contribution in [2.45, 2.75) is 51.9 Å². The Bertz CT molecular complexity index is 328. The number of hydrogen-bond acceptors (Lipinski definition) is 3. The highest BCUT2D eigenvalue weighted by Crippen LogP contribution is 2.07. The highest BCUT2D eigenvalue weighted by atomic mass is 32.1. The minimum Gasteiger partial charge on any atom is -0.335 e. The molecule has 1 aromatic heterocycles. The number of nitrogen functional groups attached to an aromatic ring is 1. The van der Waals surface area contributed by atoms with E-state index >= 15 is 0 Å². The number of rotatable bonds is 7. The molecule has 0 aromatic carbocycles. The molecule has 0 saturated carbocycles. The Morgan fingerprint density at radius 2 is 1.93 bits per heavy atom. The van der Waals surface area contributed by atoms with Crippen molar-refractivity contribution in [3.8, 4) is 0 Å². The summed E-state index contributed by atoms with van der Waals surface area (Å²) in [7, 11) is 0. The number of H-pyrrole nitrogens is 1. The maximum Gasteiger partial charge on any atom is 0.214 e. The van der Waals surface area contributed by atoms with Gasteiger partial charge in [0.2, 0.25) is 4.77 Å². The summed E-state index contributed by atoms with van der Waals surface area (Å²) >= 11 is 4.93. The van der Waals surface area contributed by atoms with Crippen LogP contribution in [0.15, 0.2) is 0 Å². The van der Waals surface area contributed by atoms with Gasteiger partial charge in [0.05, 0.1) is 0 Å². The summed E-state index contributed by atoms with van der Waals surface area (Å²) in [5.74, 6) is 6.54. The van der Waals surface area contributed by atoms with E-state index in [0.717, 1.165) is 18.7 Å². The standard InChI is InChI=1S/C10H20N4S/c1-2-3-4-5-6-7-8-9-12-13-10(15)14(9)11/h2-8,11H2,1H3,(H,13,15). The lowest BCUT2D eigenvalue weighted by atomic mass is 10.1. The molecule has 15 heavy (non-hydrogen) atoms. The molecule has 1 heterocycles. The van der Waals surface area contributed by atoms with Crippen LogP contribution >= 0.6 is 12.2 Å². The predicted molar refractivity (Wildman–Crippen MR) is 64.6 cm³/mol. The molecule has 0 saturated heterocycles. The van der Waals surface area contributed by atoms with Crippen molar-refractivity contribution in [2.75, 3.05) is 5.84 Å². The molecule has 0 fully saturated rings. The van der Waals surface area contributed by atoms with Crippen LogP contribution in [0.1, 0.15) is 51.3 Å². The first-order valence-corrected chi connectivity index (χ1v) is 6.08. The number of aryl methyl sites for hydroxylation is 1. The number of nitrogens with one attached hydrogen (secondary N) is 1. The molecule has 0 unspecified atom stereocenters. The largest absolute Gasteiger partial charge is 0.335 e. The van der Waals surface area contributed by atoms with Crippen LogP contribution in [0.4, 0.5) is 0 Å². The van der Waals surface area contributed by atoms with Crippen LogP contribution in [0, 0.1) is 4.77 Å². The van der Waals surface area contributed by atoms with Crippen molar-refractivity contribution in [3.63, 3.8) is 0 Å². The minimum absolute atomic E-state index is 0.496. The zero-order chi connectivity index (χ0) is 11.1. The molecule has 4 nitrogen and oxygen atoms in total. The topological polar surface area (TPSA) is 59.6 Å². The van der Waals surface area contributed by atoms with Crippen LogP contribution < -0.4 is 5.84 Å². The van der Waals surface area contributed by atoms with Gasteiger partial charge in [-0.1, -0.05) is 39.0 Å². The van der Waals surface area contributed by atoms with E-state index in [1.54, 1.807) is 0 Å². The molecule has 0 amide bonds. The van der Waals surface area contributed by atoms with Gasteiger partial charge in [0, 0.05) is 6.42 Å². The lowest BCUT2D eigenvalue weighted by Gasteiger charge is -2.00. The first-order chi connectivity index (χ1) is 7.25. The summed E-state index contributed by atoms with van der Waals surface area (Å²) in [5, 5.41) is 6.76. The van der Waals surface area contributed by atoms with Crippen LogP contribution in [0.3, 0.4) is 0 Å². The van der Waals surface area contributed by atoms with Crippen LogP contribution in [0.2, 0.25) is 0 Å². The second kappa shape index (κ2) is 6.61. The molecule has 0 aliphatic carbocycles. The third-order valence-electron chi connectivity index (χ3n) is 2.53. The highest BCUT2D eigenvalue weighted by molar-refractivity contribution is 7.71. The van der Waals surface area contributed by atoms with E-state index < -0.39 is 0 Å². The normalized spacial score (nSPS) is 10.7. The summed E-state index contributed by atoms with van der Waals surface area (Å²) < 4.78 is 1.96. The van der Waals surface area contributed by atoms with E-state index in [1.165, 1.54) is 36.8 Å². The maximum atomic E-state index is 5.68. The zero-order valence-electron chi connectivity index (χ0n) is 9.33. The zero-order valence-corrected chi connectivity index (χ0v) is 10.1. The predicted octanol–water partition coefficient (Wildman–Crippen LogP) is 2.56. The van der Waals surface area contributed by atoms with Gasteiger partial charge in [-0.15, -0.1) is 0 Å². The van der Waals surface area contributed by atoms with Gasteiger partial charge in [-0.05, 0) is 18.6 Å². The summed E-state index contributed by atoms with van der Waals surface area (Å²) in [4.78, 5) is 0. The number of hydrogen-bond donors (Lipinski definition) is 2. The highest BCUT2D eigenvalue weighted by Gasteiger charge is 2.01. The Balaban J connectivity index is 2.15. The number of nitrogens with zero attached hydrogens (tertiary/aromatic N) is 2. The molecule has 0 atom stereocenters. The molecule has 5 heteroatoms. The summed E-state index contributed by atoms with van der Waals surface area (Å²) in [6.07, 6.45) is 8.59. The fourth-order valence-electron chi connectivity index (χ4n) is 1.58. The number of nitrogens with two attached hydrogens (primary N) is 1. The second-order valence-corrected chi connectivity index (χ2v) is 4.22. The van der Waals surface area contributed by atoms with E-state index in [1.807, 2.05) is 0 Å². The fourth-order valence-corrected chi connectivity index (χ4v) is 1.73. The molecule has 0 spiro atoms. The van der Waals surface area contributed by atoms with E-state index in [0.29, 0.717) is 4.77 Å². The third kappa shape index (κ3) is 4.03. The van der Waals surface area contributed by atoms with E-state index in [2.05, 4.69) is 17.1 Å². The average Bonchev–Trinajstić information content (AvgIpc) is 2.54. The lowest BCUT2D eigenvalue weighted by Crippen LogP contribution is -2.12. The van der Waals surface area contributed by atoms with E-state index in [-0.39, 0.29) is 0 Å². The van der Waals surface area contributed by atoms with E-state index in [9.17, 15) is 0 Å². The molecule has 86 valence electrons. The first kappa shape index (κ1) is 12.2. The van der Waals surface area contributed by atoms with Crippen molar-refractivity contribution in [1.82, 2.24) is 14.9 Å². The molecule has 1 aromatic rings. The van der Waals surface area contributed by atoms with E-state index in [4.69, 9.17) is 18.1 Å². The monoisotopic (exact) mass is 228 g/mol. The van der Waals surface area contributed by atoms with Crippen molar-refractivity contribution in [3.05, 3.63) is 10.6 Å². The average molecular weight is 228 g/mol. The fraction of sp³-hybridized carbons (Fsp3) is 0.800. The summed E-state index contributed by atoms with van der Waals surface area (Å²) in [6.45, 7) is 2.23. The van der Waals surface area contributed by atoms with Gasteiger partial charge in [-0.25, -0.2) is 4.68 Å². The summed E-state index contributed by atoms with van der Waals surface area (Å²) in [6, 6.07) is 0. The molecule has 0 aliphatic rings. The Kier molecular flexibility index (Phi) is 5.39. The van der Waals surface area contributed by atoms with Crippen LogP contribution in [0.5, 0.6) is 0 Å². The minimum atomic E-state index is 0.496. The Morgan fingerprint density at radius 3 is 2.53 bits per heavy atom. The van der Waals surface area contributed by atoms with Crippen molar-refractivity contribution >= 4 is 12.2 Å². The summed E-state index contributed by atoms with van der Waals surface area (Å²) in [5.41, 5.74) is 0. The van der Waals surface area contributed by atoms with Gasteiger partial charge >= 0.3 is 0 Å². The molecular weight excluding hydrogens is 208 g/mol. The van der Waals surface area contributed by atoms with Gasteiger partial charge in [-0.3, -0.25) is 5.10 Å². The maximum absolute atomic E-state index is 5.68. The second-order valence-electron chi connectivity index (χ2n) is 3.83. The first-order valence-electron chi connectivity index (χ1n) is 5.67. The van der Waals surface area contributed by atoms with Gasteiger partial charge in [0.1, 0.15) is 0 Å². The molecular formula is C10H20N4S. The number of aromatic amines is 1. The quantitative estimate of drug-likeness (QED) is 0.428. The smallest absolute Gasteiger partial charge is 0.214 e. The number of aromatic nitrogens is 3. The SMILES string of the molecule is CCCCCCCCc1n[nH]c(=S)n1N. The van der Waals surface area contributed by atoms with Crippen molar-refractivity contribution in [2.24, 2.45) is 0 Å². The Morgan fingerprint density at radius 1 is 1.27 bits per heavy atom. The van der Waals surface area contributed by atoms with Gasteiger partial charge in [0.15, 0.2) is 5.82 Å². The van der Waals surface area contributed by atoms with Crippen LogP contribution in [0.25, 0.3) is 0 Å². The van der Waals surface area contributed by atoms with Crippen molar-refractivity contribution in [1.29, 1.82) is 0 Å². The van der Waals surface area contributed by atoms with Gasteiger partial charge in [-0.2, -0.15) is 5.10 Å². The van der Waals surface area contributed by atoms with Gasteiger partial charge in [0.25, 0.3) is 0 Å². The van der Waals surface area contributed by atoms with Gasteiger partial charge < -0.3 is 5.84 Å². The molecule has 0 radical (unpaired) electrons. The Hall–Kier alpha value is -0.840. The lowest BCUT2D eigenvalue weighted by molar-refractivity contribution is 0.596. The number of unbranched alkanes of at least 4 members (excludes halogenated alkanes) is 5.